The van der Waals surface area contributed by atoms with E-state index in [1.165, 1.54) is 22.5 Å². The Hall–Kier alpha value is -2.45. The second-order valence-corrected chi connectivity index (χ2v) is 7.43. The smallest absolute Gasteiger partial charge is 0.267 e. The largest absolute Gasteiger partial charge is 0.283 e. The van der Waals surface area contributed by atoms with Crippen molar-refractivity contribution in [2.45, 2.75) is 23.6 Å². The van der Waals surface area contributed by atoms with E-state index in [2.05, 4.69) is 21.0 Å². The number of halogens is 1. The Balaban J connectivity index is 2.01. The zero-order valence-corrected chi connectivity index (χ0v) is 16.4. The fourth-order valence-corrected chi connectivity index (χ4v) is 4.02. The number of aryl methyl sites for hydroxylation is 1. The van der Waals surface area contributed by atoms with E-state index in [4.69, 9.17) is 0 Å². The topological polar surface area (TPSA) is 78.0 Å². The molecule has 0 aliphatic carbocycles. The van der Waals surface area contributed by atoms with Crippen LogP contribution < -0.4 is 0 Å². The number of hydrogen-bond acceptors (Lipinski definition) is 5. The summed E-state index contributed by atoms with van der Waals surface area (Å²) in [5.41, 5.74) is 1.82. The predicted molar refractivity (Wildman–Crippen MR) is 103 cm³/mol. The van der Waals surface area contributed by atoms with Crippen LogP contribution in [0.1, 0.15) is 21.7 Å². The Kier molecular flexibility index (Phi) is 5.24. The Morgan fingerprint density at radius 2 is 1.81 bits per heavy atom. The molecule has 6 nitrogen and oxygen atoms in total. The molecule has 2 aromatic carbocycles. The van der Waals surface area contributed by atoms with Gasteiger partial charge < -0.3 is 0 Å². The van der Waals surface area contributed by atoms with Crippen molar-refractivity contribution in [1.82, 2.24) is 9.78 Å². The average molecular weight is 432 g/mol. The monoisotopic (exact) mass is 431 g/mol. The molecule has 3 rings (SSSR count). The Morgan fingerprint density at radius 1 is 1.15 bits per heavy atom. The fourth-order valence-electron chi connectivity index (χ4n) is 2.53. The number of rotatable bonds is 4. The molecule has 8 heteroatoms. The summed E-state index contributed by atoms with van der Waals surface area (Å²) in [6.45, 7) is 3.57. The third-order valence-electron chi connectivity index (χ3n) is 3.80. The van der Waals surface area contributed by atoms with E-state index in [0.717, 1.165) is 4.90 Å². The van der Waals surface area contributed by atoms with Gasteiger partial charge in [-0.3, -0.25) is 14.9 Å². The highest BCUT2D eigenvalue weighted by molar-refractivity contribution is 9.10. The van der Waals surface area contributed by atoms with E-state index in [0.29, 0.717) is 26.3 Å². The van der Waals surface area contributed by atoms with Gasteiger partial charge in [0.2, 0.25) is 0 Å². The van der Waals surface area contributed by atoms with E-state index in [9.17, 15) is 14.9 Å². The maximum Gasteiger partial charge on any atom is 0.283 e. The number of hydrogen-bond donors (Lipinski definition) is 0. The van der Waals surface area contributed by atoms with E-state index in [1.807, 2.05) is 6.07 Å². The summed E-state index contributed by atoms with van der Waals surface area (Å²) < 4.78 is 2.03. The van der Waals surface area contributed by atoms with E-state index < -0.39 is 4.92 Å². The van der Waals surface area contributed by atoms with Gasteiger partial charge in [-0.2, -0.15) is 9.78 Å². The molecule has 0 N–H and O–H groups in total. The van der Waals surface area contributed by atoms with Crippen LogP contribution in [-0.2, 0) is 0 Å². The lowest BCUT2D eigenvalue weighted by Gasteiger charge is -2.06. The quantitative estimate of drug-likeness (QED) is 0.428. The summed E-state index contributed by atoms with van der Waals surface area (Å²) in [5.74, 6) is -0.257. The van der Waals surface area contributed by atoms with Gasteiger partial charge in [-0.15, -0.1) is 0 Å². The number of aromatic nitrogens is 2. The molecule has 0 aliphatic rings. The highest BCUT2D eigenvalue weighted by Gasteiger charge is 2.22. The highest BCUT2D eigenvalue weighted by Crippen LogP contribution is 2.38. The van der Waals surface area contributed by atoms with Crippen molar-refractivity contribution in [3.05, 3.63) is 80.1 Å². The van der Waals surface area contributed by atoms with Crippen molar-refractivity contribution in [1.29, 1.82) is 0 Å². The lowest BCUT2D eigenvalue weighted by molar-refractivity contribution is -0.387. The number of nitro benzene ring substituents is 1. The van der Waals surface area contributed by atoms with Crippen molar-refractivity contribution in [3.63, 3.8) is 0 Å². The first-order chi connectivity index (χ1) is 12.4. The highest BCUT2D eigenvalue weighted by atomic mass is 79.9. The van der Waals surface area contributed by atoms with E-state index in [1.54, 1.807) is 50.2 Å². The summed E-state index contributed by atoms with van der Waals surface area (Å²) >= 11 is 4.63. The van der Waals surface area contributed by atoms with Gasteiger partial charge in [0.1, 0.15) is 0 Å². The van der Waals surface area contributed by atoms with Crippen LogP contribution in [-0.4, -0.2) is 20.6 Å². The molecule has 0 radical (unpaired) electrons. The van der Waals surface area contributed by atoms with Gasteiger partial charge in [-0.1, -0.05) is 36.0 Å². The first kappa shape index (κ1) is 18.3. The van der Waals surface area contributed by atoms with Crippen LogP contribution >= 0.6 is 27.7 Å². The van der Waals surface area contributed by atoms with Gasteiger partial charge >= 0.3 is 0 Å². The summed E-state index contributed by atoms with van der Waals surface area (Å²) in [4.78, 5) is 24.9. The van der Waals surface area contributed by atoms with Crippen LogP contribution in [0.15, 0.2) is 62.8 Å². The molecule has 3 aromatic rings. The van der Waals surface area contributed by atoms with Gasteiger partial charge in [-0.25, -0.2) is 0 Å². The van der Waals surface area contributed by atoms with Crippen LogP contribution in [0.3, 0.4) is 0 Å². The SMILES string of the molecule is Cc1nn(C(=O)c2ccccc2Br)c(C)c1Sc1ccccc1[N+](=O)[O-]. The number of nitro groups is 1. The van der Waals surface area contributed by atoms with Crippen molar-refractivity contribution >= 4 is 39.3 Å². The minimum absolute atomic E-state index is 0.0289. The Bertz CT molecular complexity index is 1020. The second kappa shape index (κ2) is 7.43. The average Bonchev–Trinajstić information content (AvgIpc) is 2.90. The molecule has 132 valence electrons. The molecule has 0 saturated carbocycles. The fraction of sp³-hybridized carbons (Fsp3) is 0.111. The maximum absolute atomic E-state index is 12.8. The molecule has 0 aliphatic heterocycles. The minimum atomic E-state index is -0.413. The standard InChI is InChI=1S/C18H14BrN3O3S/c1-11-17(26-16-10-6-5-9-15(16)22(24)25)12(2)21(20-11)18(23)13-7-3-4-8-14(13)19/h3-10H,1-2H3. The first-order valence-electron chi connectivity index (χ1n) is 7.67. The lowest BCUT2D eigenvalue weighted by atomic mass is 10.2. The van der Waals surface area contributed by atoms with E-state index >= 15 is 0 Å². The molecule has 1 heterocycles. The normalized spacial score (nSPS) is 10.7. The minimum Gasteiger partial charge on any atom is -0.267 e. The molecule has 0 atom stereocenters. The summed E-state index contributed by atoms with van der Waals surface area (Å²) in [6, 6.07) is 13.7. The molecule has 26 heavy (non-hydrogen) atoms. The summed E-state index contributed by atoms with van der Waals surface area (Å²) in [6.07, 6.45) is 0. The first-order valence-corrected chi connectivity index (χ1v) is 9.28. The van der Waals surface area contributed by atoms with Crippen molar-refractivity contribution in [2.75, 3.05) is 0 Å². The number of carbonyl (C=O) groups excluding carboxylic acids is 1. The Morgan fingerprint density at radius 3 is 2.50 bits per heavy atom. The lowest BCUT2D eigenvalue weighted by Crippen LogP contribution is -2.15. The van der Waals surface area contributed by atoms with E-state index in [-0.39, 0.29) is 11.6 Å². The predicted octanol–water partition coefficient (Wildman–Crippen LogP) is 5.01. The molecule has 1 aromatic heterocycles. The molecule has 0 spiro atoms. The van der Waals surface area contributed by atoms with Crippen molar-refractivity contribution in [3.8, 4) is 0 Å². The third kappa shape index (κ3) is 3.42. The maximum atomic E-state index is 12.8. The number of benzene rings is 2. The molecular weight excluding hydrogens is 418 g/mol. The van der Waals surface area contributed by atoms with Crippen LogP contribution in [0.5, 0.6) is 0 Å². The van der Waals surface area contributed by atoms with Crippen molar-refractivity contribution < 1.29 is 9.72 Å². The molecule has 0 amide bonds. The molecule has 0 bridgehead atoms. The zero-order valence-electron chi connectivity index (χ0n) is 14.0. The van der Waals surface area contributed by atoms with Crippen LogP contribution in [0.25, 0.3) is 0 Å². The summed E-state index contributed by atoms with van der Waals surface area (Å²) in [7, 11) is 0. The number of nitrogens with zero attached hydrogens (tertiary/aromatic N) is 3. The summed E-state index contributed by atoms with van der Waals surface area (Å²) in [5, 5.41) is 15.6. The van der Waals surface area contributed by atoms with Gasteiger partial charge in [0.25, 0.3) is 11.6 Å². The number of para-hydroxylation sites is 1. The van der Waals surface area contributed by atoms with Gasteiger partial charge in [-0.05, 0) is 48.0 Å². The molecule has 0 unspecified atom stereocenters. The van der Waals surface area contributed by atoms with Gasteiger partial charge in [0, 0.05) is 10.5 Å². The van der Waals surface area contributed by atoms with Crippen LogP contribution in [0, 0.1) is 24.0 Å². The third-order valence-corrected chi connectivity index (χ3v) is 5.85. The second-order valence-electron chi connectivity index (χ2n) is 5.52. The van der Waals surface area contributed by atoms with Gasteiger partial charge in [0.15, 0.2) is 0 Å². The Labute approximate surface area is 162 Å². The van der Waals surface area contributed by atoms with Gasteiger partial charge in [0.05, 0.1) is 31.7 Å². The molecular formula is C18H14BrN3O3S. The molecule has 0 saturated heterocycles. The van der Waals surface area contributed by atoms with Crippen LogP contribution in [0.4, 0.5) is 5.69 Å². The van der Waals surface area contributed by atoms with Crippen LogP contribution in [0.2, 0.25) is 0 Å². The number of carbonyl (C=O) groups is 1. The molecule has 0 fully saturated rings. The zero-order chi connectivity index (χ0) is 18.8. The van der Waals surface area contributed by atoms with Crippen molar-refractivity contribution in [2.24, 2.45) is 0 Å².